The number of carbonyl (C=O) groups excluding carboxylic acids is 2. The van der Waals surface area contributed by atoms with Crippen molar-refractivity contribution in [1.29, 1.82) is 0 Å². The zero-order valence-electron chi connectivity index (χ0n) is 16.6. The highest BCUT2D eigenvalue weighted by Crippen LogP contribution is 2.15. The number of urea groups is 1. The summed E-state index contributed by atoms with van der Waals surface area (Å²) in [5.74, 6) is -0.0126. The molecule has 2 fully saturated rings. The van der Waals surface area contributed by atoms with E-state index in [1.54, 1.807) is 11.1 Å². The Hall–Kier alpha value is -2.15. The molecule has 0 radical (unpaired) electrons. The maximum Gasteiger partial charge on any atom is 0.317 e. The summed E-state index contributed by atoms with van der Waals surface area (Å²) < 4.78 is 0. The summed E-state index contributed by atoms with van der Waals surface area (Å²) in [6, 6.07) is 4.25. The molecular weight excluding hydrogens is 342 g/mol. The van der Waals surface area contributed by atoms with Gasteiger partial charge in [0, 0.05) is 63.2 Å². The zero-order valence-corrected chi connectivity index (χ0v) is 16.6. The number of carbonyl (C=O) groups is 2. The van der Waals surface area contributed by atoms with Crippen LogP contribution in [0.5, 0.6) is 0 Å². The summed E-state index contributed by atoms with van der Waals surface area (Å²) in [6.07, 6.45) is 3.55. The second-order valence-corrected chi connectivity index (χ2v) is 7.65. The van der Waals surface area contributed by atoms with Crippen LogP contribution in [-0.2, 0) is 0 Å². The molecule has 1 aromatic rings. The van der Waals surface area contributed by atoms with Gasteiger partial charge in [0.1, 0.15) is 0 Å². The van der Waals surface area contributed by atoms with E-state index in [0.717, 1.165) is 44.7 Å². The first-order valence-electron chi connectivity index (χ1n) is 9.99. The third-order valence-corrected chi connectivity index (χ3v) is 5.78. The smallest absolute Gasteiger partial charge is 0.317 e. The fourth-order valence-electron chi connectivity index (χ4n) is 3.73. The number of pyridine rings is 1. The average molecular weight is 374 g/mol. The SMILES string of the molecule is CCC(C)N1CCN(C(=O)NC2CCN(C(=O)c3ccc(C)nc3)C2)CC1. The Balaban J connectivity index is 1.46. The van der Waals surface area contributed by atoms with Gasteiger partial charge in [0.15, 0.2) is 0 Å². The standard InChI is InChI=1S/C20H31N5O2/c1-4-16(3)23-9-11-24(12-10-23)20(27)22-18-7-8-25(14-18)19(26)17-6-5-15(2)21-13-17/h5-6,13,16,18H,4,7-12,14H2,1-3H3,(H,22,27). The lowest BCUT2D eigenvalue weighted by Crippen LogP contribution is -2.55. The minimum Gasteiger partial charge on any atom is -0.336 e. The zero-order chi connectivity index (χ0) is 19.4. The van der Waals surface area contributed by atoms with Crippen molar-refractivity contribution >= 4 is 11.9 Å². The minimum atomic E-state index is -0.0126. The van der Waals surface area contributed by atoms with Crippen molar-refractivity contribution in [2.24, 2.45) is 0 Å². The molecule has 0 saturated carbocycles. The van der Waals surface area contributed by atoms with Gasteiger partial charge in [0.05, 0.1) is 5.56 Å². The number of aryl methyl sites for hydroxylation is 1. The first kappa shape index (κ1) is 19.6. The van der Waals surface area contributed by atoms with Crippen LogP contribution in [0.2, 0.25) is 0 Å². The van der Waals surface area contributed by atoms with Gasteiger partial charge in [-0.15, -0.1) is 0 Å². The molecule has 0 aliphatic carbocycles. The summed E-state index contributed by atoms with van der Waals surface area (Å²) in [4.78, 5) is 35.5. The maximum atomic E-state index is 12.6. The van der Waals surface area contributed by atoms with Crippen LogP contribution in [0.3, 0.4) is 0 Å². The van der Waals surface area contributed by atoms with Gasteiger partial charge in [-0.1, -0.05) is 6.92 Å². The number of hydrogen-bond acceptors (Lipinski definition) is 4. The van der Waals surface area contributed by atoms with Crippen molar-refractivity contribution in [2.75, 3.05) is 39.3 Å². The highest BCUT2D eigenvalue weighted by molar-refractivity contribution is 5.94. The predicted molar refractivity (Wildman–Crippen MR) is 105 cm³/mol. The van der Waals surface area contributed by atoms with E-state index in [1.807, 2.05) is 24.0 Å². The largest absolute Gasteiger partial charge is 0.336 e. The minimum absolute atomic E-state index is 0.00453. The van der Waals surface area contributed by atoms with Crippen LogP contribution in [0.15, 0.2) is 18.3 Å². The van der Waals surface area contributed by atoms with Gasteiger partial charge in [-0.05, 0) is 38.8 Å². The van der Waals surface area contributed by atoms with Gasteiger partial charge < -0.3 is 15.1 Å². The Kier molecular flexibility index (Phi) is 6.31. The van der Waals surface area contributed by atoms with Gasteiger partial charge in [-0.3, -0.25) is 14.7 Å². The van der Waals surface area contributed by atoms with Gasteiger partial charge in [0.2, 0.25) is 0 Å². The second-order valence-electron chi connectivity index (χ2n) is 7.65. The van der Waals surface area contributed by atoms with E-state index in [0.29, 0.717) is 24.7 Å². The number of nitrogens with one attached hydrogen (secondary N) is 1. The van der Waals surface area contributed by atoms with Crippen molar-refractivity contribution in [3.8, 4) is 0 Å². The number of piperazine rings is 1. The molecule has 1 aromatic heterocycles. The van der Waals surface area contributed by atoms with Crippen molar-refractivity contribution < 1.29 is 9.59 Å². The van der Waals surface area contributed by atoms with Crippen molar-refractivity contribution in [1.82, 2.24) is 25.0 Å². The molecule has 3 amide bonds. The molecule has 0 bridgehead atoms. The van der Waals surface area contributed by atoms with E-state index in [4.69, 9.17) is 0 Å². The predicted octanol–water partition coefficient (Wildman–Crippen LogP) is 1.73. The van der Waals surface area contributed by atoms with Crippen LogP contribution in [-0.4, -0.2) is 83.0 Å². The first-order valence-corrected chi connectivity index (χ1v) is 9.99. The molecule has 0 spiro atoms. The molecule has 2 aliphatic heterocycles. The number of aromatic nitrogens is 1. The molecular formula is C20H31N5O2. The maximum absolute atomic E-state index is 12.6. The van der Waals surface area contributed by atoms with Crippen molar-refractivity contribution in [3.63, 3.8) is 0 Å². The molecule has 3 rings (SSSR count). The van der Waals surface area contributed by atoms with Crippen molar-refractivity contribution in [3.05, 3.63) is 29.6 Å². The molecule has 0 aromatic carbocycles. The first-order chi connectivity index (χ1) is 13.0. The number of hydrogen-bond donors (Lipinski definition) is 1. The summed E-state index contributed by atoms with van der Waals surface area (Å²) in [6.45, 7) is 11.0. The Bertz CT molecular complexity index is 655. The normalized spacial score (nSPS) is 22.0. The topological polar surface area (TPSA) is 68.8 Å². The van der Waals surface area contributed by atoms with E-state index in [-0.39, 0.29) is 18.0 Å². The summed E-state index contributed by atoms with van der Waals surface area (Å²) in [5.41, 5.74) is 1.50. The highest BCUT2D eigenvalue weighted by Gasteiger charge is 2.30. The van der Waals surface area contributed by atoms with E-state index >= 15 is 0 Å². The van der Waals surface area contributed by atoms with E-state index in [1.165, 1.54) is 0 Å². The molecule has 2 atom stereocenters. The molecule has 148 valence electrons. The van der Waals surface area contributed by atoms with Crippen LogP contribution < -0.4 is 5.32 Å². The van der Waals surface area contributed by atoms with Gasteiger partial charge in [-0.2, -0.15) is 0 Å². The third kappa shape index (κ3) is 4.77. The molecule has 27 heavy (non-hydrogen) atoms. The average Bonchev–Trinajstić information content (AvgIpc) is 3.16. The molecule has 2 unspecified atom stereocenters. The van der Waals surface area contributed by atoms with E-state index in [9.17, 15) is 9.59 Å². The fraction of sp³-hybridized carbons (Fsp3) is 0.650. The lowest BCUT2D eigenvalue weighted by Gasteiger charge is -2.38. The van der Waals surface area contributed by atoms with Crippen molar-refractivity contribution in [2.45, 2.75) is 45.7 Å². The Morgan fingerprint density at radius 3 is 2.56 bits per heavy atom. The molecule has 3 heterocycles. The number of amides is 3. The summed E-state index contributed by atoms with van der Waals surface area (Å²) >= 11 is 0. The van der Waals surface area contributed by atoms with E-state index < -0.39 is 0 Å². The van der Waals surface area contributed by atoms with Crippen LogP contribution in [0.25, 0.3) is 0 Å². The van der Waals surface area contributed by atoms with E-state index in [2.05, 4.69) is 29.0 Å². The third-order valence-electron chi connectivity index (χ3n) is 5.78. The van der Waals surface area contributed by atoms with Crippen LogP contribution in [0, 0.1) is 6.92 Å². The monoisotopic (exact) mass is 373 g/mol. The van der Waals surface area contributed by atoms with Gasteiger partial charge in [0.25, 0.3) is 5.91 Å². The van der Waals surface area contributed by atoms with Gasteiger partial charge in [-0.25, -0.2) is 4.79 Å². The number of rotatable bonds is 4. The molecule has 2 saturated heterocycles. The summed E-state index contributed by atoms with van der Waals surface area (Å²) in [7, 11) is 0. The molecule has 7 heteroatoms. The second kappa shape index (κ2) is 8.69. The summed E-state index contributed by atoms with van der Waals surface area (Å²) in [5, 5.41) is 3.11. The van der Waals surface area contributed by atoms with Gasteiger partial charge >= 0.3 is 6.03 Å². The van der Waals surface area contributed by atoms with Crippen LogP contribution in [0.4, 0.5) is 4.79 Å². The molecule has 2 aliphatic rings. The quantitative estimate of drug-likeness (QED) is 0.873. The molecule has 1 N–H and O–H groups in total. The Morgan fingerprint density at radius 1 is 1.19 bits per heavy atom. The lowest BCUT2D eigenvalue weighted by molar-refractivity contribution is 0.0787. The Labute approximate surface area is 161 Å². The van der Waals surface area contributed by atoms with Crippen LogP contribution in [0.1, 0.15) is 42.7 Å². The lowest BCUT2D eigenvalue weighted by atomic mass is 10.2. The van der Waals surface area contributed by atoms with Crippen LogP contribution >= 0.6 is 0 Å². The fourth-order valence-corrected chi connectivity index (χ4v) is 3.73. The Morgan fingerprint density at radius 2 is 1.93 bits per heavy atom. The highest BCUT2D eigenvalue weighted by atomic mass is 16.2. The molecule has 7 nitrogen and oxygen atoms in total. The number of likely N-dealkylation sites (tertiary alicyclic amines) is 1. The number of nitrogens with zero attached hydrogens (tertiary/aromatic N) is 4.